The molecule has 6 heteroatoms. The van der Waals surface area contributed by atoms with E-state index in [-0.39, 0.29) is 0 Å². The van der Waals surface area contributed by atoms with E-state index in [1.54, 1.807) is 0 Å². The second-order valence-electron chi connectivity index (χ2n) is 5.85. The molecule has 0 fully saturated rings. The van der Waals surface area contributed by atoms with Gasteiger partial charge in [-0.15, -0.1) is 14.8 Å². The summed E-state index contributed by atoms with van der Waals surface area (Å²) in [6.07, 6.45) is 2.27. The zero-order valence-electron chi connectivity index (χ0n) is 12.9. The number of benzene rings is 2. The molecule has 0 radical (unpaired) electrons. The number of anilines is 1. The van der Waals surface area contributed by atoms with Crippen LogP contribution in [0.1, 0.15) is 5.56 Å². The van der Waals surface area contributed by atoms with Crippen LogP contribution in [0.25, 0.3) is 22.0 Å². The third-order valence-corrected chi connectivity index (χ3v) is 4.43. The Bertz CT molecular complexity index is 1080. The minimum atomic E-state index is 0.653. The normalized spacial score (nSPS) is 14.5. The number of hydrogen-bond donors (Lipinski definition) is 0. The molecule has 24 heavy (non-hydrogen) atoms. The summed E-state index contributed by atoms with van der Waals surface area (Å²) < 4.78 is 1.46. The van der Waals surface area contributed by atoms with Crippen LogP contribution in [0.5, 0.6) is 0 Å². The first kappa shape index (κ1) is 13.2. The van der Waals surface area contributed by atoms with Crippen LogP contribution in [0.2, 0.25) is 0 Å². The fourth-order valence-electron chi connectivity index (χ4n) is 3.24. The molecule has 1 aliphatic rings. The second kappa shape index (κ2) is 5.13. The molecule has 3 heterocycles. The molecule has 0 spiro atoms. The monoisotopic (exact) mass is 314 g/mol. The maximum Gasteiger partial charge on any atom is 0.200 e. The predicted octanol–water partition coefficient (Wildman–Crippen LogP) is 2.58. The lowest BCUT2D eigenvalue weighted by Gasteiger charge is -2.17. The van der Waals surface area contributed by atoms with Crippen molar-refractivity contribution in [2.24, 2.45) is 0 Å². The highest BCUT2D eigenvalue weighted by molar-refractivity contribution is 5.95. The average molecular weight is 314 g/mol. The lowest BCUT2D eigenvalue weighted by Crippen LogP contribution is -2.21. The highest BCUT2D eigenvalue weighted by Gasteiger charge is 2.19. The number of nitrogens with zero attached hydrogens (tertiary/aromatic N) is 6. The minimum absolute atomic E-state index is 0.653. The molecule has 6 nitrogen and oxygen atoms in total. The van der Waals surface area contributed by atoms with Crippen molar-refractivity contribution >= 4 is 27.8 Å². The van der Waals surface area contributed by atoms with Crippen LogP contribution < -0.4 is 4.90 Å². The van der Waals surface area contributed by atoms with Crippen LogP contribution >= 0.6 is 0 Å². The fourth-order valence-corrected chi connectivity index (χ4v) is 3.24. The Kier molecular flexibility index (Phi) is 2.82. The second-order valence-corrected chi connectivity index (χ2v) is 5.85. The van der Waals surface area contributed by atoms with E-state index < -0.39 is 0 Å². The summed E-state index contributed by atoms with van der Waals surface area (Å²) in [5.41, 5.74) is 3.27. The van der Waals surface area contributed by atoms with Crippen molar-refractivity contribution in [3.8, 4) is 0 Å². The van der Waals surface area contributed by atoms with Gasteiger partial charge in [0.15, 0.2) is 11.5 Å². The van der Waals surface area contributed by atoms with Gasteiger partial charge in [0.25, 0.3) is 0 Å². The third kappa shape index (κ3) is 2.04. The number of aromatic nitrogens is 5. The summed E-state index contributed by atoms with van der Waals surface area (Å²) in [6, 6.07) is 18.8. The quantitative estimate of drug-likeness (QED) is 0.569. The molecule has 0 saturated carbocycles. The highest BCUT2D eigenvalue weighted by atomic mass is 15.6. The summed E-state index contributed by atoms with van der Waals surface area (Å²) in [4.78, 5) is 2.22. The first-order valence-electron chi connectivity index (χ1n) is 7.86. The molecule has 0 atom stereocenters. The average Bonchev–Trinajstić information content (AvgIpc) is 3.30. The van der Waals surface area contributed by atoms with Crippen molar-refractivity contribution in [1.29, 1.82) is 0 Å². The summed E-state index contributed by atoms with van der Waals surface area (Å²) in [7, 11) is 0. The Hall–Kier alpha value is -3.28. The molecule has 2 aromatic carbocycles. The zero-order chi connectivity index (χ0) is 15.9. The molecule has 0 unspecified atom stereocenters. The molecule has 2 aromatic heterocycles. The van der Waals surface area contributed by atoms with Gasteiger partial charge in [-0.1, -0.05) is 48.5 Å². The number of tetrazole rings is 1. The molecule has 0 aliphatic carbocycles. The van der Waals surface area contributed by atoms with E-state index in [9.17, 15) is 0 Å². The van der Waals surface area contributed by atoms with Crippen LogP contribution in [0.4, 0.5) is 5.82 Å². The molecular weight excluding hydrogens is 300 g/mol. The summed E-state index contributed by atoms with van der Waals surface area (Å²) >= 11 is 0. The SMILES string of the molecule is C1=C(c2cccc3ccccc23)CN(c2ccc3nnnn3n2)C1. The zero-order valence-corrected chi connectivity index (χ0v) is 12.9. The molecule has 4 aromatic rings. The van der Waals surface area contributed by atoms with Gasteiger partial charge in [-0.25, -0.2) is 0 Å². The molecule has 0 bridgehead atoms. The van der Waals surface area contributed by atoms with E-state index in [1.165, 1.54) is 26.5 Å². The maximum absolute atomic E-state index is 4.48. The van der Waals surface area contributed by atoms with E-state index in [4.69, 9.17) is 0 Å². The molecule has 1 aliphatic heterocycles. The summed E-state index contributed by atoms with van der Waals surface area (Å²) in [6.45, 7) is 1.66. The van der Waals surface area contributed by atoms with Crippen LogP contribution in [0.3, 0.4) is 0 Å². The lowest BCUT2D eigenvalue weighted by atomic mass is 9.99. The largest absolute Gasteiger partial charge is 0.347 e. The van der Waals surface area contributed by atoms with E-state index in [0.717, 1.165) is 18.9 Å². The topological polar surface area (TPSA) is 59.2 Å². The van der Waals surface area contributed by atoms with Gasteiger partial charge < -0.3 is 4.90 Å². The van der Waals surface area contributed by atoms with E-state index in [1.807, 2.05) is 12.1 Å². The smallest absolute Gasteiger partial charge is 0.200 e. The van der Waals surface area contributed by atoms with Crippen molar-refractivity contribution in [3.63, 3.8) is 0 Å². The molecule has 5 rings (SSSR count). The van der Waals surface area contributed by atoms with Crippen LogP contribution in [0.15, 0.2) is 60.7 Å². The van der Waals surface area contributed by atoms with Gasteiger partial charge in [0.05, 0.1) is 0 Å². The Labute approximate surface area is 138 Å². The maximum atomic E-state index is 4.48. The molecule has 116 valence electrons. The van der Waals surface area contributed by atoms with Gasteiger partial charge in [-0.05, 0) is 44.5 Å². The van der Waals surface area contributed by atoms with Gasteiger partial charge >= 0.3 is 0 Å². The first-order valence-corrected chi connectivity index (χ1v) is 7.86. The highest BCUT2D eigenvalue weighted by Crippen LogP contribution is 2.29. The molecule has 0 saturated heterocycles. The van der Waals surface area contributed by atoms with Crippen molar-refractivity contribution < 1.29 is 0 Å². The summed E-state index contributed by atoms with van der Waals surface area (Å²) in [5.74, 6) is 0.876. The number of fused-ring (bicyclic) bond motifs is 2. The van der Waals surface area contributed by atoms with Crippen LogP contribution in [0, 0.1) is 0 Å². The minimum Gasteiger partial charge on any atom is -0.347 e. The Morgan fingerprint density at radius 3 is 2.83 bits per heavy atom. The van der Waals surface area contributed by atoms with Crippen molar-refractivity contribution in [1.82, 2.24) is 25.3 Å². The number of rotatable bonds is 2. The standard InChI is InChI=1S/C18H14N6/c1-2-6-15-13(4-1)5-3-7-16(15)14-10-11-23(12-14)18-9-8-17-19-21-22-24(17)20-18/h1-10H,11-12H2. The third-order valence-electron chi connectivity index (χ3n) is 4.43. The van der Waals surface area contributed by atoms with E-state index in [0.29, 0.717) is 5.65 Å². The molecular formula is C18H14N6. The van der Waals surface area contributed by atoms with Gasteiger partial charge in [0.1, 0.15) is 0 Å². The Balaban J connectivity index is 1.49. The van der Waals surface area contributed by atoms with E-state index in [2.05, 4.69) is 74.1 Å². The molecule has 0 N–H and O–H groups in total. The molecule has 0 amide bonds. The van der Waals surface area contributed by atoms with Gasteiger partial charge in [0, 0.05) is 13.1 Å². The fraction of sp³-hybridized carbons (Fsp3) is 0.111. The Morgan fingerprint density at radius 1 is 0.917 bits per heavy atom. The summed E-state index contributed by atoms with van der Waals surface area (Å²) in [5, 5.41) is 18.4. The van der Waals surface area contributed by atoms with Crippen molar-refractivity contribution in [2.75, 3.05) is 18.0 Å². The van der Waals surface area contributed by atoms with Crippen LogP contribution in [-0.4, -0.2) is 38.3 Å². The first-order chi connectivity index (χ1) is 11.9. The van der Waals surface area contributed by atoms with Gasteiger partial charge in [0.2, 0.25) is 0 Å². The van der Waals surface area contributed by atoms with Gasteiger partial charge in [-0.3, -0.25) is 0 Å². The van der Waals surface area contributed by atoms with Crippen molar-refractivity contribution in [3.05, 3.63) is 66.2 Å². The van der Waals surface area contributed by atoms with Gasteiger partial charge in [-0.2, -0.15) is 0 Å². The number of hydrogen-bond acceptors (Lipinski definition) is 5. The van der Waals surface area contributed by atoms with Crippen molar-refractivity contribution in [2.45, 2.75) is 0 Å². The Morgan fingerprint density at radius 2 is 1.83 bits per heavy atom. The van der Waals surface area contributed by atoms with Crippen LogP contribution in [-0.2, 0) is 0 Å². The van der Waals surface area contributed by atoms with E-state index >= 15 is 0 Å². The predicted molar refractivity (Wildman–Crippen MR) is 92.7 cm³/mol. The lowest BCUT2D eigenvalue weighted by molar-refractivity contribution is 0.724.